The molecule has 2 nitrogen and oxygen atoms in total. The maximum Gasteiger partial charge on any atom is 0.295 e. The van der Waals surface area contributed by atoms with E-state index in [1.807, 2.05) is 0 Å². The zero-order valence-electron chi connectivity index (χ0n) is 2.60. The predicted octanol–water partition coefficient (Wildman–Crippen LogP) is -0.0228. The lowest BCUT2D eigenvalue weighted by Crippen LogP contribution is -1.42. The molecule has 4 heavy (non-hydrogen) atoms. The third-order valence-electron chi connectivity index (χ3n) is 0.141. The average Bonchev–Trinajstić information content (AvgIpc) is 1.37. The minimum Gasteiger partial charge on any atom is 0.0409 e. The molecule has 2 heteroatoms. The summed E-state index contributed by atoms with van der Waals surface area (Å²) in [6, 6.07) is 0. The van der Waals surface area contributed by atoms with Crippen LogP contribution in [0.1, 0.15) is 0 Å². The molecule has 0 radical (unpaired) electrons. The topological polar surface area (TPSA) is 26.5 Å². The van der Waals surface area contributed by atoms with Crippen LogP contribution in [0.3, 0.4) is 0 Å². The maximum atomic E-state index is 3.25. The van der Waals surface area contributed by atoms with Gasteiger partial charge in [-0.2, -0.15) is 0 Å². The predicted molar refractivity (Wildman–Crippen MR) is 15.7 cm³/mol. The van der Waals surface area contributed by atoms with Gasteiger partial charge in [-0.3, -0.25) is 0 Å². The van der Waals surface area contributed by atoms with E-state index >= 15 is 0 Å². The van der Waals surface area contributed by atoms with E-state index in [-0.39, 0.29) is 0 Å². The Morgan fingerprint density at radius 1 is 2.00 bits per heavy atom. The number of rotatable bonds is 0. The molecular weight excluding hydrogens is 52.0 g/mol. The Labute approximate surface area is 24.9 Å². The Balaban J connectivity index is 3.11. The second kappa shape index (κ2) is 2.38. The molecule has 0 heterocycles. The SMILES string of the molecule is C=[N+]=NC. The van der Waals surface area contributed by atoms with Gasteiger partial charge >= 0.3 is 0 Å². The summed E-state index contributed by atoms with van der Waals surface area (Å²) in [5, 5.41) is 3.25. The third-order valence-corrected chi connectivity index (χ3v) is 0.141. The summed E-state index contributed by atoms with van der Waals surface area (Å²) in [5.41, 5.74) is 0. The quantitative estimate of drug-likeness (QED) is 0.212. The van der Waals surface area contributed by atoms with Gasteiger partial charge in [-0.1, -0.05) is 0 Å². The highest BCUT2D eigenvalue weighted by atomic mass is 15.0. The Morgan fingerprint density at radius 3 is 2.25 bits per heavy atom. The van der Waals surface area contributed by atoms with E-state index in [1.165, 1.54) is 0 Å². The molecule has 0 aliphatic rings. The highest BCUT2D eigenvalue weighted by Crippen LogP contribution is 1.26. The first-order chi connectivity index (χ1) is 1.91. The summed E-state index contributed by atoms with van der Waals surface area (Å²) >= 11 is 0. The van der Waals surface area contributed by atoms with Gasteiger partial charge in [0.2, 0.25) is 0 Å². The van der Waals surface area contributed by atoms with Gasteiger partial charge in [0, 0.05) is 4.79 Å². The van der Waals surface area contributed by atoms with Gasteiger partial charge in [-0.25, -0.2) is 0 Å². The molecule has 0 spiro atoms. The first-order valence-electron chi connectivity index (χ1n) is 0.963. The van der Waals surface area contributed by atoms with Crippen molar-refractivity contribution in [3.63, 3.8) is 0 Å². The van der Waals surface area contributed by atoms with Gasteiger partial charge in [-0.05, 0) is 0 Å². The van der Waals surface area contributed by atoms with Crippen LogP contribution in [0, 0.1) is 0 Å². The van der Waals surface area contributed by atoms with Crippen molar-refractivity contribution in [1.82, 2.24) is 0 Å². The molecule has 0 fully saturated rings. The van der Waals surface area contributed by atoms with Crippen LogP contribution in [-0.4, -0.2) is 18.6 Å². The van der Waals surface area contributed by atoms with Crippen molar-refractivity contribution in [3.8, 4) is 0 Å². The van der Waals surface area contributed by atoms with Crippen LogP contribution in [0.4, 0.5) is 0 Å². The van der Waals surface area contributed by atoms with Gasteiger partial charge in [0.1, 0.15) is 7.05 Å². The Kier molecular flexibility index (Phi) is 2.01. The first-order valence-corrected chi connectivity index (χ1v) is 0.963. The molecule has 0 atom stereocenters. The molecule has 0 aromatic carbocycles. The molecule has 0 aromatic heterocycles. The molecule has 0 aromatic rings. The Bertz CT molecular complexity index is 42.0. The van der Waals surface area contributed by atoms with Crippen LogP contribution in [0.2, 0.25) is 0 Å². The van der Waals surface area contributed by atoms with E-state index in [2.05, 4.69) is 16.6 Å². The summed E-state index contributed by atoms with van der Waals surface area (Å²) in [5.74, 6) is 0. The smallest absolute Gasteiger partial charge is 0.0409 e. The van der Waals surface area contributed by atoms with Gasteiger partial charge in [0.15, 0.2) is 0 Å². The lowest BCUT2D eigenvalue weighted by molar-refractivity contribution is -0.0709. The van der Waals surface area contributed by atoms with Gasteiger partial charge in [0.25, 0.3) is 6.72 Å². The average molecular weight is 57.1 g/mol. The van der Waals surface area contributed by atoms with Crippen LogP contribution < -0.4 is 0 Å². The molecule has 0 saturated heterocycles. The van der Waals surface area contributed by atoms with Gasteiger partial charge in [-0.15, -0.1) is 0 Å². The minimum atomic E-state index is 1.58. The lowest BCUT2D eigenvalue weighted by atomic mass is 11.5. The van der Waals surface area contributed by atoms with Crippen molar-refractivity contribution in [1.29, 1.82) is 0 Å². The summed E-state index contributed by atoms with van der Waals surface area (Å²) in [6.45, 7) is 3.06. The summed E-state index contributed by atoms with van der Waals surface area (Å²) < 4.78 is 0. The molecule has 0 rings (SSSR count). The number of hydrogen-bond donors (Lipinski definition) is 0. The largest absolute Gasteiger partial charge is 0.295 e. The second-order valence-electron chi connectivity index (χ2n) is 0.341. The Morgan fingerprint density at radius 2 is 2.25 bits per heavy atom. The minimum absolute atomic E-state index is 1.58. The lowest BCUT2D eigenvalue weighted by Gasteiger charge is -1.22. The summed E-state index contributed by atoms with van der Waals surface area (Å²) in [7, 11) is 1.58. The molecule has 0 unspecified atom stereocenters. The van der Waals surface area contributed by atoms with E-state index in [1.54, 1.807) is 7.05 Å². The number of nitrogens with zero attached hydrogens (tertiary/aromatic N) is 2. The highest BCUT2D eigenvalue weighted by Gasteiger charge is 1.40. The maximum absolute atomic E-state index is 3.25. The molecule has 0 aliphatic heterocycles. The molecule has 0 aliphatic carbocycles. The fourth-order valence-corrected chi connectivity index (χ4v) is 0. The Hall–Kier alpha value is -0.620. The molecule has 0 amide bonds. The van der Waals surface area contributed by atoms with Crippen molar-refractivity contribution in [3.05, 3.63) is 0 Å². The standard InChI is InChI=1S/C2H5N2/c1-3-4-2/h1H2,2H3/q+1. The van der Waals surface area contributed by atoms with Crippen molar-refractivity contribution in [2.45, 2.75) is 0 Å². The molecular formula is C2H5N2+. The van der Waals surface area contributed by atoms with Crippen LogP contribution in [-0.2, 0) is 0 Å². The highest BCUT2D eigenvalue weighted by molar-refractivity contribution is 5.12. The van der Waals surface area contributed by atoms with Crippen molar-refractivity contribution in [2.24, 2.45) is 5.11 Å². The third kappa shape index (κ3) is 1.38. The summed E-state index contributed by atoms with van der Waals surface area (Å²) in [6.07, 6.45) is 0. The van der Waals surface area contributed by atoms with Gasteiger partial charge in [0.05, 0.1) is 5.11 Å². The van der Waals surface area contributed by atoms with Crippen LogP contribution in [0.25, 0.3) is 0 Å². The van der Waals surface area contributed by atoms with E-state index in [0.717, 1.165) is 0 Å². The van der Waals surface area contributed by atoms with Gasteiger partial charge < -0.3 is 0 Å². The van der Waals surface area contributed by atoms with Crippen molar-refractivity contribution < 1.29 is 4.79 Å². The molecule has 0 saturated carbocycles. The molecule has 0 N–H and O–H groups in total. The van der Waals surface area contributed by atoms with Crippen LogP contribution >= 0.6 is 0 Å². The van der Waals surface area contributed by atoms with Crippen LogP contribution in [0.5, 0.6) is 0 Å². The number of hydrogen-bond acceptors (Lipinski definition) is 1. The van der Waals surface area contributed by atoms with Crippen molar-refractivity contribution in [2.75, 3.05) is 7.05 Å². The molecule has 0 bridgehead atoms. The van der Waals surface area contributed by atoms with E-state index < -0.39 is 0 Å². The van der Waals surface area contributed by atoms with Crippen LogP contribution in [0.15, 0.2) is 5.11 Å². The zero-order valence-corrected chi connectivity index (χ0v) is 2.60. The fourth-order valence-electron chi connectivity index (χ4n) is 0. The monoisotopic (exact) mass is 57.0 g/mol. The van der Waals surface area contributed by atoms with Crippen molar-refractivity contribution >= 4 is 6.72 Å². The van der Waals surface area contributed by atoms with E-state index in [4.69, 9.17) is 0 Å². The van der Waals surface area contributed by atoms with E-state index in [0.29, 0.717) is 0 Å². The second-order valence-corrected chi connectivity index (χ2v) is 0.341. The first kappa shape index (κ1) is 3.38. The zero-order chi connectivity index (χ0) is 3.41. The van der Waals surface area contributed by atoms with E-state index in [9.17, 15) is 0 Å². The normalized spacial score (nSPS) is 4.25. The molecule has 22 valence electrons. The fraction of sp³-hybridized carbons (Fsp3) is 0.500. The summed E-state index contributed by atoms with van der Waals surface area (Å²) in [4.78, 5) is 3.11.